The van der Waals surface area contributed by atoms with Gasteiger partial charge in [0.05, 0.1) is 19.8 Å². The highest BCUT2D eigenvalue weighted by molar-refractivity contribution is 5.73. The molecule has 2 fully saturated rings. The summed E-state index contributed by atoms with van der Waals surface area (Å²) >= 11 is 0. The summed E-state index contributed by atoms with van der Waals surface area (Å²) in [6.07, 6.45) is 0. The van der Waals surface area contributed by atoms with E-state index in [4.69, 9.17) is 14.2 Å². The van der Waals surface area contributed by atoms with E-state index in [0.29, 0.717) is 38.5 Å². The van der Waals surface area contributed by atoms with Crippen LogP contribution < -0.4 is 9.47 Å². The Bertz CT molecular complexity index is 937. The van der Waals surface area contributed by atoms with Crippen molar-refractivity contribution >= 4 is 5.91 Å². The summed E-state index contributed by atoms with van der Waals surface area (Å²) < 4.78 is 17.3. The van der Waals surface area contributed by atoms with Gasteiger partial charge in [-0.3, -0.25) is 14.6 Å². The first kappa shape index (κ1) is 25.4. The number of hydrogen-bond acceptors (Lipinski definition) is 7. The van der Waals surface area contributed by atoms with Crippen molar-refractivity contribution in [3.8, 4) is 11.5 Å². The maximum absolute atomic E-state index is 12.2. The molecule has 1 N–H and O–H groups in total. The van der Waals surface area contributed by atoms with Crippen molar-refractivity contribution < 1.29 is 24.1 Å². The Morgan fingerprint density at radius 3 is 2.49 bits per heavy atom. The quantitative estimate of drug-likeness (QED) is 0.584. The van der Waals surface area contributed by atoms with Gasteiger partial charge >= 0.3 is 0 Å². The fourth-order valence-electron chi connectivity index (χ4n) is 4.58. The zero-order valence-electron chi connectivity index (χ0n) is 20.6. The third-order valence-corrected chi connectivity index (χ3v) is 6.47. The van der Waals surface area contributed by atoms with Gasteiger partial charge in [-0.1, -0.05) is 30.3 Å². The van der Waals surface area contributed by atoms with Crippen molar-refractivity contribution in [2.24, 2.45) is 0 Å². The second-order valence-electron chi connectivity index (χ2n) is 9.43. The van der Waals surface area contributed by atoms with Crippen LogP contribution in [-0.2, 0) is 16.1 Å². The molecule has 190 valence electrons. The molecule has 0 bridgehead atoms. The Balaban J connectivity index is 1.36. The Kier molecular flexibility index (Phi) is 8.98. The molecule has 8 nitrogen and oxygen atoms in total. The summed E-state index contributed by atoms with van der Waals surface area (Å²) in [6, 6.07) is 17.6. The maximum atomic E-state index is 12.2. The van der Waals surface area contributed by atoms with E-state index in [-0.39, 0.29) is 19.1 Å². The number of aliphatic hydroxyl groups is 1. The van der Waals surface area contributed by atoms with Gasteiger partial charge in [0.2, 0.25) is 5.91 Å². The van der Waals surface area contributed by atoms with E-state index >= 15 is 0 Å². The number of rotatable bonds is 9. The molecule has 2 aliphatic heterocycles. The lowest BCUT2D eigenvalue weighted by Crippen LogP contribution is -2.51. The van der Waals surface area contributed by atoms with E-state index < -0.39 is 5.60 Å². The molecular weight excluding hydrogens is 446 g/mol. The standard InChI is InChI=1S/C27H37N3O5/c1-23(31)30-11-10-29(20-27(32,21-30)22-35-25-7-3-2-4-8-25)19-24-6-5-9-26(18-24)34-17-14-28-12-15-33-16-13-28/h2-9,18,32H,10-17,19-22H2,1H3. The van der Waals surface area contributed by atoms with Crippen molar-refractivity contribution in [1.29, 1.82) is 0 Å². The summed E-state index contributed by atoms with van der Waals surface area (Å²) in [4.78, 5) is 18.4. The molecule has 2 heterocycles. The van der Waals surface area contributed by atoms with Crippen molar-refractivity contribution in [1.82, 2.24) is 14.7 Å². The lowest BCUT2D eigenvalue weighted by Gasteiger charge is -2.32. The molecule has 1 unspecified atom stereocenters. The van der Waals surface area contributed by atoms with Gasteiger partial charge in [-0.05, 0) is 29.8 Å². The predicted octanol–water partition coefficient (Wildman–Crippen LogP) is 1.87. The number of amides is 1. The van der Waals surface area contributed by atoms with Gasteiger partial charge in [-0.25, -0.2) is 0 Å². The summed E-state index contributed by atoms with van der Waals surface area (Å²) in [6.45, 7) is 9.21. The zero-order chi connectivity index (χ0) is 24.5. The van der Waals surface area contributed by atoms with Crippen molar-refractivity contribution in [2.45, 2.75) is 19.1 Å². The number of hydrogen-bond donors (Lipinski definition) is 1. The van der Waals surface area contributed by atoms with Crippen LogP contribution in [0.5, 0.6) is 11.5 Å². The van der Waals surface area contributed by atoms with Crippen LogP contribution in [0.15, 0.2) is 54.6 Å². The van der Waals surface area contributed by atoms with Crippen LogP contribution in [0.25, 0.3) is 0 Å². The van der Waals surface area contributed by atoms with E-state index in [1.807, 2.05) is 42.5 Å². The van der Waals surface area contributed by atoms with Crippen LogP contribution in [0.1, 0.15) is 12.5 Å². The molecule has 8 heteroatoms. The van der Waals surface area contributed by atoms with Crippen LogP contribution in [0.3, 0.4) is 0 Å². The third kappa shape index (κ3) is 7.93. The monoisotopic (exact) mass is 483 g/mol. The minimum atomic E-state index is -1.18. The highest BCUT2D eigenvalue weighted by atomic mass is 16.5. The summed E-state index contributed by atoms with van der Waals surface area (Å²) in [7, 11) is 0. The first-order valence-electron chi connectivity index (χ1n) is 12.4. The van der Waals surface area contributed by atoms with Gasteiger partial charge in [0.1, 0.15) is 30.3 Å². The van der Waals surface area contributed by atoms with Crippen molar-refractivity contribution in [2.75, 3.05) is 72.2 Å². The first-order chi connectivity index (χ1) is 17.0. The minimum absolute atomic E-state index is 0.0411. The average molecular weight is 484 g/mol. The van der Waals surface area contributed by atoms with Crippen LogP contribution in [0.4, 0.5) is 0 Å². The number of carbonyl (C=O) groups is 1. The molecule has 2 aromatic carbocycles. The van der Waals surface area contributed by atoms with E-state index in [9.17, 15) is 9.90 Å². The Morgan fingerprint density at radius 2 is 1.71 bits per heavy atom. The largest absolute Gasteiger partial charge is 0.492 e. The number of β-amino-alcohol motifs (C(OH)–C–C–N with tert-alkyl or cyclic N) is 1. The molecule has 0 saturated carbocycles. The molecule has 4 rings (SSSR count). The van der Waals surface area contributed by atoms with Crippen LogP contribution in [-0.4, -0.2) is 104 Å². The predicted molar refractivity (Wildman–Crippen MR) is 134 cm³/mol. The van der Waals surface area contributed by atoms with E-state index in [0.717, 1.165) is 44.2 Å². The Hall–Kier alpha value is -2.65. The first-order valence-corrected chi connectivity index (χ1v) is 12.4. The number of morpholine rings is 1. The maximum Gasteiger partial charge on any atom is 0.219 e. The highest BCUT2D eigenvalue weighted by Gasteiger charge is 2.36. The lowest BCUT2D eigenvalue weighted by atomic mass is 10.0. The molecular formula is C27H37N3O5. The molecule has 35 heavy (non-hydrogen) atoms. The summed E-state index contributed by atoms with van der Waals surface area (Å²) in [5.74, 6) is 1.51. The normalized spacial score (nSPS) is 21.9. The topological polar surface area (TPSA) is 74.7 Å². The molecule has 0 spiro atoms. The number of benzene rings is 2. The van der Waals surface area contributed by atoms with Gasteiger partial charge in [-0.15, -0.1) is 0 Å². The molecule has 0 aromatic heterocycles. The smallest absolute Gasteiger partial charge is 0.219 e. The number of nitrogens with zero attached hydrogens (tertiary/aromatic N) is 3. The van der Waals surface area contributed by atoms with Crippen LogP contribution in [0.2, 0.25) is 0 Å². The summed E-state index contributed by atoms with van der Waals surface area (Å²) in [5.41, 5.74) is -0.0685. The van der Waals surface area contributed by atoms with Crippen LogP contribution >= 0.6 is 0 Å². The molecule has 1 amide bonds. The minimum Gasteiger partial charge on any atom is -0.492 e. The van der Waals surface area contributed by atoms with Gasteiger partial charge in [-0.2, -0.15) is 0 Å². The van der Waals surface area contributed by atoms with Gasteiger partial charge in [0.25, 0.3) is 0 Å². The molecule has 2 aliphatic rings. The average Bonchev–Trinajstić information content (AvgIpc) is 3.03. The van der Waals surface area contributed by atoms with E-state index in [1.54, 1.807) is 11.8 Å². The number of carbonyl (C=O) groups excluding carboxylic acids is 1. The zero-order valence-corrected chi connectivity index (χ0v) is 20.6. The second-order valence-corrected chi connectivity index (χ2v) is 9.43. The van der Waals surface area contributed by atoms with Crippen LogP contribution in [0, 0.1) is 0 Å². The molecule has 2 saturated heterocycles. The highest BCUT2D eigenvalue weighted by Crippen LogP contribution is 2.21. The van der Waals surface area contributed by atoms with Crippen molar-refractivity contribution in [3.05, 3.63) is 60.2 Å². The number of para-hydroxylation sites is 1. The molecule has 1 atom stereocenters. The SMILES string of the molecule is CC(=O)N1CCN(Cc2cccc(OCCN3CCOCC3)c2)CC(O)(COc2ccccc2)C1. The fraction of sp³-hybridized carbons (Fsp3) is 0.519. The van der Waals surface area contributed by atoms with Gasteiger partial charge in [0, 0.05) is 52.7 Å². The second kappa shape index (κ2) is 12.4. The fourth-order valence-corrected chi connectivity index (χ4v) is 4.58. The molecule has 2 aromatic rings. The van der Waals surface area contributed by atoms with Gasteiger partial charge < -0.3 is 24.2 Å². The lowest BCUT2D eigenvalue weighted by molar-refractivity contribution is -0.132. The summed E-state index contributed by atoms with van der Waals surface area (Å²) in [5, 5.41) is 11.5. The number of ether oxygens (including phenoxy) is 3. The molecule has 0 aliphatic carbocycles. The Labute approximate surface area is 208 Å². The van der Waals surface area contributed by atoms with Gasteiger partial charge in [0.15, 0.2) is 0 Å². The van der Waals surface area contributed by atoms with Crippen molar-refractivity contribution in [3.63, 3.8) is 0 Å². The van der Waals surface area contributed by atoms with E-state index in [2.05, 4.69) is 21.9 Å². The van der Waals surface area contributed by atoms with E-state index in [1.165, 1.54) is 0 Å². The molecule has 0 radical (unpaired) electrons. The Morgan fingerprint density at radius 1 is 0.943 bits per heavy atom. The third-order valence-electron chi connectivity index (χ3n) is 6.47.